The number of anilines is 1. The van der Waals surface area contributed by atoms with E-state index in [1.54, 1.807) is 0 Å². The van der Waals surface area contributed by atoms with Crippen molar-refractivity contribution in [3.8, 4) is 0 Å². The van der Waals surface area contributed by atoms with Crippen molar-refractivity contribution in [3.05, 3.63) is 17.6 Å². The summed E-state index contributed by atoms with van der Waals surface area (Å²) < 4.78 is 0. The van der Waals surface area contributed by atoms with Crippen LogP contribution in [0.25, 0.3) is 0 Å². The number of aryl methyl sites for hydroxylation is 2. The van der Waals surface area contributed by atoms with Gasteiger partial charge in [0.25, 0.3) is 0 Å². The zero-order valence-corrected chi connectivity index (χ0v) is 11.5. The lowest BCUT2D eigenvalue weighted by molar-refractivity contribution is 0.300. The van der Waals surface area contributed by atoms with E-state index in [1.807, 2.05) is 19.9 Å². The minimum atomic E-state index is 0.827. The van der Waals surface area contributed by atoms with Crippen molar-refractivity contribution in [2.75, 3.05) is 31.5 Å². The molecule has 1 rings (SSSR count). The molecule has 0 fully saturated rings. The number of nitrogens with zero attached hydrogens (tertiary/aromatic N) is 3. The topological polar surface area (TPSA) is 41.0 Å². The zero-order valence-electron chi connectivity index (χ0n) is 11.5. The molecule has 4 nitrogen and oxygen atoms in total. The molecular formula is C13H24N4. The predicted octanol–water partition coefficient (Wildman–Crippen LogP) is 2.24. The largest absolute Gasteiger partial charge is 0.369 e. The van der Waals surface area contributed by atoms with Gasteiger partial charge in [-0.2, -0.15) is 0 Å². The lowest BCUT2D eigenvalue weighted by atomic mass is 10.4. The van der Waals surface area contributed by atoms with Crippen molar-refractivity contribution < 1.29 is 0 Å². The molecule has 0 bridgehead atoms. The Labute approximate surface area is 104 Å². The Hall–Kier alpha value is -1.16. The molecule has 0 radical (unpaired) electrons. The molecule has 1 aromatic heterocycles. The predicted molar refractivity (Wildman–Crippen MR) is 72.4 cm³/mol. The van der Waals surface area contributed by atoms with Crippen LogP contribution in [0.1, 0.15) is 31.8 Å². The van der Waals surface area contributed by atoms with Gasteiger partial charge in [-0.25, -0.2) is 9.97 Å². The van der Waals surface area contributed by atoms with Crippen LogP contribution in [0.4, 0.5) is 5.82 Å². The molecule has 0 atom stereocenters. The molecule has 1 heterocycles. The summed E-state index contributed by atoms with van der Waals surface area (Å²) in [5.74, 6) is 1.76. The Morgan fingerprint density at radius 1 is 1.18 bits per heavy atom. The van der Waals surface area contributed by atoms with E-state index in [0.29, 0.717) is 0 Å². The van der Waals surface area contributed by atoms with Crippen LogP contribution in [0.2, 0.25) is 0 Å². The first-order chi connectivity index (χ1) is 8.15. The van der Waals surface area contributed by atoms with Crippen molar-refractivity contribution in [1.29, 1.82) is 0 Å². The van der Waals surface area contributed by atoms with Gasteiger partial charge in [-0.05, 0) is 33.4 Å². The quantitative estimate of drug-likeness (QED) is 0.788. The van der Waals surface area contributed by atoms with Crippen LogP contribution in [0, 0.1) is 13.8 Å². The molecule has 0 aromatic carbocycles. The molecule has 96 valence electrons. The van der Waals surface area contributed by atoms with Crippen molar-refractivity contribution in [1.82, 2.24) is 14.9 Å². The summed E-state index contributed by atoms with van der Waals surface area (Å²) in [6.07, 6.45) is 1.21. The average molecular weight is 236 g/mol. The number of likely N-dealkylation sites (N-methyl/N-ethyl adjacent to an activating group) is 1. The summed E-state index contributed by atoms with van der Waals surface area (Å²) in [5, 5.41) is 3.36. The van der Waals surface area contributed by atoms with Gasteiger partial charge in [0.15, 0.2) is 0 Å². The van der Waals surface area contributed by atoms with Gasteiger partial charge in [-0.3, -0.25) is 0 Å². The van der Waals surface area contributed by atoms with E-state index in [9.17, 15) is 0 Å². The fourth-order valence-corrected chi connectivity index (χ4v) is 1.89. The Morgan fingerprint density at radius 2 is 1.94 bits per heavy atom. The van der Waals surface area contributed by atoms with E-state index in [1.165, 1.54) is 13.0 Å². The van der Waals surface area contributed by atoms with Gasteiger partial charge in [0, 0.05) is 24.8 Å². The summed E-state index contributed by atoms with van der Waals surface area (Å²) in [6, 6.07) is 1.99. The molecule has 0 aliphatic heterocycles. The van der Waals surface area contributed by atoms with Gasteiger partial charge in [-0.1, -0.05) is 13.8 Å². The first kappa shape index (κ1) is 13.9. The van der Waals surface area contributed by atoms with Gasteiger partial charge < -0.3 is 10.2 Å². The van der Waals surface area contributed by atoms with Crippen LogP contribution in [0.3, 0.4) is 0 Å². The summed E-state index contributed by atoms with van der Waals surface area (Å²) in [7, 11) is 0. The molecule has 17 heavy (non-hydrogen) atoms. The number of hydrogen-bond acceptors (Lipinski definition) is 4. The van der Waals surface area contributed by atoms with Gasteiger partial charge in [0.1, 0.15) is 11.6 Å². The highest BCUT2D eigenvalue weighted by molar-refractivity contribution is 5.35. The Balaban J connectivity index is 2.39. The molecule has 1 aromatic rings. The smallest absolute Gasteiger partial charge is 0.129 e. The number of nitrogens with one attached hydrogen (secondary N) is 1. The molecule has 1 N–H and O–H groups in total. The molecule has 0 spiro atoms. The van der Waals surface area contributed by atoms with Gasteiger partial charge >= 0.3 is 0 Å². The van der Waals surface area contributed by atoms with Gasteiger partial charge in [-0.15, -0.1) is 0 Å². The molecule has 0 amide bonds. The van der Waals surface area contributed by atoms with Crippen LogP contribution >= 0.6 is 0 Å². The maximum Gasteiger partial charge on any atom is 0.129 e. The van der Waals surface area contributed by atoms with Crippen LogP contribution in [-0.4, -0.2) is 41.0 Å². The maximum absolute atomic E-state index is 4.36. The molecule has 4 heteroatoms. The molecule has 0 saturated carbocycles. The second-order valence-electron chi connectivity index (χ2n) is 4.30. The van der Waals surface area contributed by atoms with E-state index in [-0.39, 0.29) is 0 Å². The summed E-state index contributed by atoms with van der Waals surface area (Å²) >= 11 is 0. The second kappa shape index (κ2) is 7.22. The van der Waals surface area contributed by atoms with E-state index in [4.69, 9.17) is 0 Å². The normalized spacial score (nSPS) is 10.9. The SMILES string of the molecule is CCCN(CC)CCNc1cc(C)nc(C)n1. The monoisotopic (exact) mass is 236 g/mol. The zero-order chi connectivity index (χ0) is 12.7. The summed E-state index contributed by atoms with van der Waals surface area (Å²) in [4.78, 5) is 11.1. The van der Waals surface area contributed by atoms with Crippen molar-refractivity contribution in [2.24, 2.45) is 0 Å². The van der Waals surface area contributed by atoms with E-state index < -0.39 is 0 Å². The summed E-state index contributed by atoms with van der Waals surface area (Å²) in [6.45, 7) is 12.6. The van der Waals surface area contributed by atoms with Gasteiger partial charge in [0.05, 0.1) is 0 Å². The van der Waals surface area contributed by atoms with E-state index in [0.717, 1.165) is 37.0 Å². The first-order valence-electron chi connectivity index (χ1n) is 6.44. The maximum atomic E-state index is 4.36. The highest BCUT2D eigenvalue weighted by atomic mass is 15.1. The highest BCUT2D eigenvalue weighted by Gasteiger charge is 2.01. The lowest BCUT2D eigenvalue weighted by Gasteiger charge is -2.19. The van der Waals surface area contributed by atoms with Crippen molar-refractivity contribution in [2.45, 2.75) is 34.1 Å². The van der Waals surface area contributed by atoms with E-state index in [2.05, 4.69) is 34.0 Å². The summed E-state index contributed by atoms with van der Waals surface area (Å²) in [5.41, 5.74) is 1.01. The third-order valence-electron chi connectivity index (χ3n) is 2.69. The molecule has 0 unspecified atom stereocenters. The number of aromatic nitrogens is 2. The molecule has 0 aliphatic rings. The Kier molecular flexibility index (Phi) is 5.91. The minimum absolute atomic E-state index is 0.827. The fourth-order valence-electron chi connectivity index (χ4n) is 1.89. The standard InChI is InChI=1S/C13H24N4/c1-5-8-17(6-2)9-7-14-13-10-11(3)15-12(4)16-13/h10H,5-9H2,1-4H3,(H,14,15,16). The van der Waals surface area contributed by atoms with Crippen LogP contribution in [0.15, 0.2) is 6.07 Å². The Bertz CT molecular complexity index is 318. The van der Waals surface area contributed by atoms with Crippen LogP contribution in [-0.2, 0) is 0 Å². The third kappa shape index (κ3) is 5.13. The number of hydrogen-bond donors (Lipinski definition) is 1. The second-order valence-corrected chi connectivity index (χ2v) is 4.30. The molecular weight excluding hydrogens is 212 g/mol. The van der Waals surface area contributed by atoms with Gasteiger partial charge in [0.2, 0.25) is 0 Å². The molecule has 0 saturated heterocycles. The fraction of sp³-hybridized carbons (Fsp3) is 0.692. The average Bonchev–Trinajstić information content (AvgIpc) is 2.26. The van der Waals surface area contributed by atoms with Crippen LogP contribution in [0.5, 0.6) is 0 Å². The van der Waals surface area contributed by atoms with Crippen molar-refractivity contribution >= 4 is 5.82 Å². The first-order valence-corrected chi connectivity index (χ1v) is 6.44. The molecule has 0 aliphatic carbocycles. The van der Waals surface area contributed by atoms with E-state index >= 15 is 0 Å². The number of rotatable bonds is 7. The lowest BCUT2D eigenvalue weighted by Crippen LogP contribution is -2.29. The van der Waals surface area contributed by atoms with Crippen molar-refractivity contribution in [3.63, 3.8) is 0 Å². The minimum Gasteiger partial charge on any atom is -0.369 e. The highest BCUT2D eigenvalue weighted by Crippen LogP contribution is 2.05. The Morgan fingerprint density at radius 3 is 2.53 bits per heavy atom. The third-order valence-corrected chi connectivity index (χ3v) is 2.69. The van der Waals surface area contributed by atoms with Crippen LogP contribution < -0.4 is 5.32 Å².